The number of alkyl halides is 3. The standard InChI is InChI=1S/C13H14F3N3O2S/c1-2-21-11(20)4-3-7-22-12-18-17-10-6-5-9(8-19(10)12)13(14,15)16/h5-6,8H,2-4,7H2,1H3. The molecule has 0 aromatic carbocycles. The third kappa shape index (κ3) is 4.12. The summed E-state index contributed by atoms with van der Waals surface area (Å²) in [4.78, 5) is 11.2. The SMILES string of the molecule is CCOC(=O)CCCSc1nnc2ccc(C(F)(F)F)cn12. The minimum atomic E-state index is -4.41. The van der Waals surface area contributed by atoms with Crippen molar-refractivity contribution < 1.29 is 22.7 Å². The summed E-state index contributed by atoms with van der Waals surface area (Å²) in [6.45, 7) is 2.06. The molecule has 9 heteroatoms. The highest BCUT2D eigenvalue weighted by Gasteiger charge is 2.31. The zero-order chi connectivity index (χ0) is 16.2. The van der Waals surface area contributed by atoms with Crippen molar-refractivity contribution in [2.45, 2.75) is 31.1 Å². The highest BCUT2D eigenvalue weighted by atomic mass is 32.2. The average Bonchev–Trinajstić information content (AvgIpc) is 2.85. The summed E-state index contributed by atoms with van der Waals surface area (Å²) < 4.78 is 44.2. The molecule has 0 unspecified atom stereocenters. The quantitative estimate of drug-likeness (QED) is 0.462. The van der Waals surface area contributed by atoms with Gasteiger partial charge in [0.2, 0.25) is 0 Å². The van der Waals surface area contributed by atoms with Gasteiger partial charge in [-0.2, -0.15) is 13.2 Å². The molecule has 0 fully saturated rings. The lowest BCUT2D eigenvalue weighted by Crippen LogP contribution is -2.06. The maximum Gasteiger partial charge on any atom is 0.417 e. The van der Waals surface area contributed by atoms with Gasteiger partial charge in [-0.15, -0.1) is 10.2 Å². The topological polar surface area (TPSA) is 56.5 Å². The van der Waals surface area contributed by atoms with Crippen LogP contribution in [0.25, 0.3) is 5.65 Å². The van der Waals surface area contributed by atoms with Crippen LogP contribution in [-0.2, 0) is 15.7 Å². The minimum absolute atomic E-state index is 0.269. The Kier molecular flexibility index (Phi) is 5.28. The van der Waals surface area contributed by atoms with E-state index in [1.807, 2.05) is 0 Å². The first-order valence-electron chi connectivity index (χ1n) is 6.62. The molecule has 2 heterocycles. The molecule has 0 bridgehead atoms. The van der Waals surface area contributed by atoms with E-state index in [0.29, 0.717) is 29.6 Å². The van der Waals surface area contributed by atoms with E-state index in [0.717, 1.165) is 12.3 Å². The fourth-order valence-corrected chi connectivity index (χ4v) is 2.60. The van der Waals surface area contributed by atoms with Crippen LogP contribution >= 0.6 is 11.8 Å². The fraction of sp³-hybridized carbons (Fsp3) is 0.462. The summed E-state index contributed by atoms with van der Waals surface area (Å²) in [5.41, 5.74) is -0.408. The van der Waals surface area contributed by atoms with Gasteiger partial charge in [0.25, 0.3) is 0 Å². The Morgan fingerprint density at radius 1 is 1.36 bits per heavy atom. The molecule has 0 saturated carbocycles. The molecule has 0 N–H and O–H groups in total. The number of carbonyl (C=O) groups is 1. The zero-order valence-electron chi connectivity index (χ0n) is 11.8. The Bertz CT molecular complexity index is 658. The molecule has 2 aromatic rings. The first-order chi connectivity index (χ1) is 10.4. The molecule has 0 atom stereocenters. The van der Waals surface area contributed by atoms with Crippen LogP contribution in [0.2, 0.25) is 0 Å². The van der Waals surface area contributed by atoms with E-state index in [1.165, 1.54) is 22.2 Å². The van der Waals surface area contributed by atoms with Crippen molar-refractivity contribution >= 4 is 23.4 Å². The Balaban J connectivity index is 2.01. The average molecular weight is 333 g/mol. The molecular weight excluding hydrogens is 319 g/mol. The summed E-state index contributed by atoms with van der Waals surface area (Å²) in [6.07, 6.45) is -2.62. The van der Waals surface area contributed by atoms with Crippen molar-refractivity contribution in [3.05, 3.63) is 23.9 Å². The third-order valence-corrected chi connectivity index (χ3v) is 3.79. The van der Waals surface area contributed by atoms with E-state index in [2.05, 4.69) is 10.2 Å². The fourth-order valence-electron chi connectivity index (χ4n) is 1.75. The van der Waals surface area contributed by atoms with E-state index in [-0.39, 0.29) is 12.4 Å². The van der Waals surface area contributed by atoms with Gasteiger partial charge in [-0.25, -0.2) is 0 Å². The maximum atomic E-state index is 12.7. The van der Waals surface area contributed by atoms with E-state index < -0.39 is 11.7 Å². The van der Waals surface area contributed by atoms with Gasteiger partial charge in [0.1, 0.15) is 0 Å². The van der Waals surface area contributed by atoms with Crippen molar-refractivity contribution in [3.8, 4) is 0 Å². The van der Waals surface area contributed by atoms with Gasteiger partial charge < -0.3 is 4.74 Å². The second-order valence-corrected chi connectivity index (χ2v) is 5.45. The van der Waals surface area contributed by atoms with Crippen LogP contribution < -0.4 is 0 Å². The van der Waals surface area contributed by atoms with Gasteiger partial charge in [-0.1, -0.05) is 11.8 Å². The van der Waals surface area contributed by atoms with Crippen LogP contribution in [0.4, 0.5) is 13.2 Å². The van der Waals surface area contributed by atoms with Gasteiger partial charge in [0.05, 0.1) is 12.2 Å². The molecule has 0 radical (unpaired) electrons. The zero-order valence-corrected chi connectivity index (χ0v) is 12.6. The number of thioether (sulfide) groups is 1. The monoisotopic (exact) mass is 333 g/mol. The number of ether oxygens (including phenoxy) is 1. The van der Waals surface area contributed by atoms with Crippen molar-refractivity contribution in [2.75, 3.05) is 12.4 Å². The molecule has 5 nitrogen and oxygen atoms in total. The summed E-state index contributed by atoms with van der Waals surface area (Å²) >= 11 is 1.25. The van der Waals surface area contributed by atoms with Gasteiger partial charge in [0, 0.05) is 18.4 Å². The summed E-state index contributed by atoms with van der Waals surface area (Å²) in [5.74, 6) is 0.254. The normalized spacial score (nSPS) is 11.8. The van der Waals surface area contributed by atoms with Crippen LogP contribution in [-0.4, -0.2) is 32.9 Å². The number of hydrogen-bond donors (Lipinski definition) is 0. The first kappa shape index (κ1) is 16.6. The number of nitrogens with zero attached hydrogens (tertiary/aromatic N) is 3. The summed E-state index contributed by atoms with van der Waals surface area (Å²) in [5, 5.41) is 8.05. The molecule has 2 rings (SSSR count). The lowest BCUT2D eigenvalue weighted by molar-refractivity contribution is -0.143. The lowest BCUT2D eigenvalue weighted by atomic mass is 10.3. The van der Waals surface area contributed by atoms with Crippen LogP contribution in [0, 0.1) is 0 Å². The molecule has 0 amide bonds. The number of rotatable bonds is 6. The molecule has 2 aromatic heterocycles. The van der Waals surface area contributed by atoms with E-state index in [9.17, 15) is 18.0 Å². The number of pyridine rings is 1. The molecule has 0 spiro atoms. The second kappa shape index (κ2) is 6.99. The Morgan fingerprint density at radius 3 is 2.82 bits per heavy atom. The van der Waals surface area contributed by atoms with Crippen LogP contribution in [0.5, 0.6) is 0 Å². The third-order valence-electron chi connectivity index (χ3n) is 2.76. The number of hydrogen-bond acceptors (Lipinski definition) is 5. The Labute approximate surface area is 128 Å². The largest absolute Gasteiger partial charge is 0.466 e. The van der Waals surface area contributed by atoms with Crippen molar-refractivity contribution in [1.82, 2.24) is 14.6 Å². The molecule has 0 aliphatic rings. The number of aromatic nitrogens is 3. The molecule has 22 heavy (non-hydrogen) atoms. The van der Waals surface area contributed by atoms with Crippen molar-refractivity contribution in [3.63, 3.8) is 0 Å². The van der Waals surface area contributed by atoms with Crippen molar-refractivity contribution in [2.24, 2.45) is 0 Å². The summed E-state index contributed by atoms with van der Waals surface area (Å²) in [6, 6.07) is 2.25. The number of fused-ring (bicyclic) bond motifs is 1. The smallest absolute Gasteiger partial charge is 0.417 e. The molecule has 0 aliphatic heterocycles. The number of halogens is 3. The highest BCUT2D eigenvalue weighted by molar-refractivity contribution is 7.99. The molecule has 0 aliphatic carbocycles. The van der Waals surface area contributed by atoms with Crippen LogP contribution in [0.1, 0.15) is 25.3 Å². The predicted octanol–water partition coefficient (Wildman–Crippen LogP) is 3.18. The van der Waals surface area contributed by atoms with Gasteiger partial charge in [0.15, 0.2) is 10.8 Å². The number of carbonyl (C=O) groups excluding carboxylic acids is 1. The van der Waals surface area contributed by atoms with Gasteiger partial charge >= 0.3 is 12.1 Å². The molecule has 0 saturated heterocycles. The van der Waals surface area contributed by atoms with Gasteiger partial charge in [-0.3, -0.25) is 9.20 Å². The Morgan fingerprint density at radius 2 is 2.14 bits per heavy atom. The highest BCUT2D eigenvalue weighted by Crippen LogP contribution is 2.30. The van der Waals surface area contributed by atoms with Crippen molar-refractivity contribution in [1.29, 1.82) is 0 Å². The summed E-state index contributed by atoms with van der Waals surface area (Å²) in [7, 11) is 0. The van der Waals surface area contributed by atoms with E-state index >= 15 is 0 Å². The lowest BCUT2D eigenvalue weighted by Gasteiger charge is -2.07. The molecular formula is C13H14F3N3O2S. The maximum absolute atomic E-state index is 12.7. The van der Waals surface area contributed by atoms with Crippen LogP contribution in [0.15, 0.2) is 23.5 Å². The van der Waals surface area contributed by atoms with E-state index in [1.54, 1.807) is 6.92 Å². The molecule has 120 valence electrons. The first-order valence-corrected chi connectivity index (χ1v) is 7.60. The number of esters is 1. The predicted molar refractivity (Wildman–Crippen MR) is 74.6 cm³/mol. The van der Waals surface area contributed by atoms with Gasteiger partial charge in [-0.05, 0) is 25.5 Å². The van der Waals surface area contributed by atoms with Crippen LogP contribution in [0.3, 0.4) is 0 Å². The minimum Gasteiger partial charge on any atom is -0.466 e. The Hall–Kier alpha value is -1.77. The second-order valence-electron chi connectivity index (χ2n) is 4.38. The van der Waals surface area contributed by atoms with E-state index in [4.69, 9.17) is 4.74 Å².